The summed E-state index contributed by atoms with van der Waals surface area (Å²) in [6, 6.07) is 2.92. The minimum absolute atomic E-state index is 0.376. The highest BCUT2D eigenvalue weighted by Crippen LogP contribution is 2.59. The lowest BCUT2D eigenvalue weighted by molar-refractivity contribution is -0.00278. The highest BCUT2D eigenvalue weighted by atomic mass is 15.0. The molecule has 4 saturated carbocycles. The molecule has 5 aliphatic rings. The molecule has 1 aromatic rings. The molecular weight excluding hydrogens is 244 g/mol. The Kier molecular flexibility index (Phi) is 2.45. The molecule has 1 atom stereocenters. The molecule has 0 radical (unpaired) electrons. The maximum absolute atomic E-state index is 6.13. The molecule has 6 rings (SSSR count). The van der Waals surface area contributed by atoms with E-state index in [4.69, 9.17) is 5.73 Å². The van der Waals surface area contributed by atoms with Crippen LogP contribution in [-0.2, 0) is 13.0 Å². The first-order chi connectivity index (χ1) is 9.76. The fraction of sp³-hybridized carbons (Fsp3) is 0.778. The van der Waals surface area contributed by atoms with Crippen LogP contribution in [0.4, 0.5) is 0 Å². The summed E-state index contributed by atoms with van der Waals surface area (Å²) in [5.74, 6) is 5.06. The molecule has 108 valence electrons. The van der Waals surface area contributed by atoms with Gasteiger partial charge >= 0.3 is 0 Å². The summed E-state index contributed by atoms with van der Waals surface area (Å²) in [6.45, 7) is 1.04. The molecule has 0 spiro atoms. The summed E-state index contributed by atoms with van der Waals surface area (Å²) in [5, 5.41) is 0. The van der Waals surface area contributed by atoms with E-state index in [9.17, 15) is 0 Å². The first-order valence-electron chi connectivity index (χ1n) is 8.71. The number of hydrogen-bond donors (Lipinski definition) is 1. The third-order valence-corrected chi connectivity index (χ3v) is 6.82. The fourth-order valence-corrected chi connectivity index (χ4v) is 6.29. The normalized spacial score (nSPS) is 45.6. The molecular formula is C18H26N2. The minimum Gasteiger partial charge on any atom is -0.350 e. The van der Waals surface area contributed by atoms with Crippen molar-refractivity contribution in [2.24, 2.45) is 29.4 Å². The van der Waals surface area contributed by atoms with Crippen LogP contribution in [0.2, 0.25) is 0 Å². The summed E-state index contributed by atoms with van der Waals surface area (Å²) in [6.07, 6.45) is 12.5. The van der Waals surface area contributed by atoms with E-state index in [1.54, 1.807) is 17.7 Å². The third kappa shape index (κ3) is 1.67. The Bertz CT molecular complexity index is 502. The quantitative estimate of drug-likeness (QED) is 0.834. The Labute approximate surface area is 121 Å². The Morgan fingerprint density at radius 1 is 1.00 bits per heavy atom. The summed E-state index contributed by atoms with van der Waals surface area (Å²) in [7, 11) is 0. The summed E-state index contributed by atoms with van der Waals surface area (Å²) < 4.78 is 2.47. The average Bonchev–Trinajstić information content (AvgIpc) is 2.79. The van der Waals surface area contributed by atoms with E-state index in [1.807, 2.05) is 0 Å². The Hall–Kier alpha value is -0.760. The maximum atomic E-state index is 6.13. The first-order valence-corrected chi connectivity index (χ1v) is 8.71. The van der Waals surface area contributed by atoms with E-state index in [2.05, 4.69) is 16.8 Å². The lowest BCUT2D eigenvalue weighted by Crippen LogP contribution is -2.43. The molecule has 4 bridgehead atoms. The van der Waals surface area contributed by atoms with E-state index < -0.39 is 0 Å². The number of rotatable bonds is 1. The van der Waals surface area contributed by atoms with Gasteiger partial charge in [-0.25, -0.2) is 0 Å². The Morgan fingerprint density at radius 3 is 2.40 bits per heavy atom. The number of nitrogens with zero attached hydrogens (tertiary/aromatic N) is 1. The van der Waals surface area contributed by atoms with Crippen LogP contribution in [0.3, 0.4) is 0 Å². The van der Waals surface area contributed by atoms with Gasteiger partial charge in [-0.05, 0) is 86.2 Å². The van der Waals surface area contributed by atoms with Crippen LogP contribution in [0.25, 0.3) is 0 Å². The highest BCUT2D eigenvalue weighted by Gasteiger charge is 2.48. The van der Waals surface area contributed by atoms with Gasteiger partial charge in [0.2, 0.25) is 0 Å². The van der Waals surface area contributed by atoms with Crippen molar-refractivity contribution in [2.75, 3.05) is 0 Å². The van der Waals surface area contributed by atoms with Gasteiger partial charge in [-0.3, -0.25) is 0 Å². The van der Waals surface area contributed by atoms with E-state index in [1.165, 1.54) is 38.5 Å². The van der Waals surface area contributed by atoms with Gasteiger partial charge in [0.15, 0.2) is 0 Å². The second kappa shape index (κ2) is 4.13. The van der Waals surface area contributed by atoms with Crippen molar-refractivity contribution >= 4 is 0 Å². The maximum Gasteiger partial charge on any atom is 0.0374 e. The smallest absolute Gasteiger partial charge is 0.0374 e. The van der Waals surface area contributed by atoms with Crippen molar-refractivity contribution in [2.45, 2.75) is 63.5 Å². The van der Waals surface area contributed by atoms with Crippen LogP contribution >= 0.6 is 0 Å². The van der Waals surface area contributed by atoms with E-state index in [-0.39, 0.29) is 0 Å². The molecule has 2 heteroatoms. The second-order valence-electron chi connectivity index (χ2n) is 8.17. The number of fused-ring (bicyclic) bond motifs is 1. The first kappa shape index (κ1) is 11.9. The highest BCUT2D eigenvalue weighted by molar-refractivity contribution is 5.28. The van der Waals surface area contributed by atoms with Crippen LogP contribution in [-0.4, -0.2) is 10.6 Å². The second-order valence-corrected chi connectivity index (χ2v) is 8.17. The van der Waals surface area contributed by atoms with Gasteiger partial charge in [0.05, 0.1) is 0 Å². The molecule has 1 unspecified atom stereocenters. The topological polar surface area (TPSA) is 30.9 Å². The van der Waals surface area contributed by atoms with Gasteiger partial charge in [-0.1, -0.05) is 0 Å². The number of aromatic nitrogens is 1. The van der Waals surface area contributed by atoms with Crippen molar-refractivity contribution < 1.29 is 0 Å². The predicted octanol–water partition coefficient (Wildman–Crippen LogP) is 3.30. The Morgan fingerprint density at radius 2 is 1.70 bits per heavy atom. The summed E-state index contributed by atoms with van der Waals surface area (Å²) in [5.41, 5.74) is 9.35. The van der Waals surface area contributed by atoms with Gasteiger partial charge in [0, 0.05) is 24.5 Å². The van der Waals surface area contributed by atoms with Gasteiger partial charge in [-0.2, -0.15) is 0 Å². The molecule has 0 aromatic carbocycles. The van der Waals surface area contributed by atoms with E-state index in [0.29, 0.717) is 6.04 Å². The van der Waals surface area contributed by atoms with Crippen molar-refractivity contribution in [3.63, 3.8) is 0 Å². The van der Waals surface area contributed by atoms with E-state index in [0.717, 1.165) is 36.1 Å². The molecule has 2 heterocycles. The van der Waals surface area contributed by atoms with Crippen LogP contribution in [0, 0.1) is 23.7 Å². The lowest BCUT2D eigenvalue weighted by atomic mass is 9.51. The van der Waals surface area contributed by atoms with Crippen molar-refractivity contribution in [3.05, 3.63) is 23.5 Å². The molecule has 20 heavy (non-hydrogen) atoms. The molecule has 4 aliphatic carbocycles. The van der Waals surface area contributed by atoms with Crippen molar-refractivity contribution in [1.29, 1.82) is 0 Å². The third-order valence-electron chi connectivity index (χ3n) is 6.82. The van der Waals surface area contributed by atoms with Crippen LogP contribution in [0.1, 0.15) is 55.7 Å². The molecule has 0 saturated heterocycles. The van der Waals surface area contributed by atoms with Crippen LogP contribution < -0.4 is 5.73 Å². The van der Waals surface area contributed by atoms with Gasteiger partial charge in [0.1, 0.15) is 0 Å². The van der Waals surface area contributed by atoms with Crippen molar-refractivity contribution in [3.8, 4) is 0 Å². The minimum atomic E-state index is 0.376. The molecule has 2 nitrogen and oxygen atoms in total. The van der Waals surface area contributed by atoms with Crippen LogP contribution in [0.5, 0.6) is 0 Å². The number of aryl methyl sites for hydroxylation is 1. The molecule has 0 amide bonds. The SMILES string of the molecule is NC1CCc2cc(C3C4CC5CC(C4)CC3C5)cn2C1. The number of nitrogens with two attached hydrogens (primary N) is 1. The summed E-state index contributed by atoms with van der Waals surface area (Å²) >= 11 is 0. The zero-order chi connectivity index (χ0) is 13.3. The monoisotopic (exact) mass is 270 g/mol. The average molecular weight is 270 g/mol. The van der Waals surface area contributed by atoms with Crippen LogP contribution in [0.15, 0.2) is 12.3 Å². The van der Waals surface area contributed by atoms with Crippen molar-refractivity contribution in [1.82, 2.24) is 4.57 Å². The Balaban J connectivity index is 1.48. The standard InChI is InChI=1S/C18H26N2/c19-16-1-2-17-8-15(9-20(17)10-16)18-13-4-11-3-12(6-13)7-14(18)5-11/h8-9,11-14,16,18H,1-7,10,19H2. The zero-order valence-corrected chi connectivity index (χ0v) is 12.3. The largest absolute Gasteiger partial charge is 0.350 e. The molecule has 4 fully saturated rings. The molecule has 1 aliphatic heterocycles. The lowest BCUT2D eigenvalue weighted by Gasteiger charge is -2.54. The predicted molar refractivity (Wildman–Crippen MR) is 80.5 cm³/mol. The fourth-order valence-electron chi connectivity index (χ4n) is 6.29. The molecule has 1 aromatic heterocycles. The zero-order valence-electron chi connectivity index (χ0n) is 12.3. The molecule has 2 N–H and O–H groups in total. The number of hydrogen-bond acceptors (Lipinski definition) is 1. The van der Waals surface area contributed by atoms with Gasteiger partial charge in [0.25, 0.3) is 0 Å². The van der Waals surface area contributed by atoms with Gasteiger partial charge < -0.3 is 10.3 Å². The van der Waals surface area contributed by atoms with E-state index >= 15 is 0 Å². The van der Waals surface area contributed by atoms with Gasteiger partial charge in [-0.15, -0.1) is 0 Å². The summed E-state index contributed by atoms with van der Waals surface area (Å²) in [4.78, 5) is 0.